The maximum Gasteiger partial charge on any atom is 0.316 e. The molecule has 0 radical (unpaired) electrons. The molecule has 1 saturated carbocycles. The molecule has 1 aromatic carbocycles. The number of nitro groups is 1. The van der Waals surface area contributed by atoms with Crippen molar-refractivity contribution in [3.63, 3.8) is 0 Å². The molecule has 0 saturated heterocycles. The van der Waals surface area contributed by atoms with Gasteiger partial charge in [0.2, 0.25) is 0 Å². The number of hydrogen-bond acceptors (Lipinski definition) is 8. The fourth-order valence-electron chi connectivity index (χ4n) is 3.49. The lowest BCUT2D eigenvalue weighted by atomic mass is 9.62. The molecule has 0 amide bonds. The van der Waals surface area contributed by atoms with E-state index in [1.807, 2.05) is 0 Å². The molecule has 0 aliphatic heterocycles. The van der Waals surface area contributed by atoms with Crippen LogP contribution in [0.25, 0.3) is 0 Å². The van der Waals surface area contributed by atoms with Crippen LogP contribution in [0.3, 0.4) is 0 Å². The van der Waals surface area contributed by atoms with Crippen molar-refractivity contribution in [2.24, 2.45) is 11.8 Å². The highest BCUT2D eigenvalue weighted by molar-refractivity contribution is 6.02. The number of hydrogen-bond donors (Lipinski definition) is 1. The molecule has 0 spiro atoms. The van der Waals surface area contributed by atoms with Crippen molar-refractivity contribution in [1.29, 1.82) is 0 Å². The Labute approximate surface area is 149 Å². The molecule has 4 atom stereocenters. The van der Waals surface area contributed by atoms with Gasteiger partial charge >= 0.3 is 11.9 Å². The number of aliphatic hydroxyl groups is 1. The molecule has 1 aliphatic rings. The largest absolute Gasteiger partial charge is 0.469 e. The van der Waals surface area contributed by atoms with Crippen molar-refractivity contribution in [2.45, 2.75) is 24.9 Å². The predicted octanol–water partition coefficient (Wildman–Crippen LogP) is 0.981. The molecule has 9 nitrogen and oxygen atoms in total. The van der Waals surface area contributed by atoms with Crippen LogP contribution in [0, 0.1) is 22.0 Å². The Bertz CT molecular complexity index is 740. The zero-order valence-corrected chi connectivity index (χ0v) is 14.5. The fraction of sp³-hybridized carbons (Fsp3) is 0.471. The van der Waals surface area contributed by atoms with Gasteiger partial charge in [0.25, 0.3) is 5.69 Å². The summed E-state index contributed by atoms with van der Waals surface area (Å²) in [6.45, 7) is 1.32. The molecule has 1 N–H and O–H groups in total. The number of carbonyl (C=O) groups excluding carboxylic acids is 3. The first-order valence-electron chi connectivity index (χ1n) is 7.79. The molecule has 0 aromatic heterocycles. The molecular formula is C17H19NO8. The van der Waals surface area contributed by atoms with Gasteiger partial charge in [-0.05, 0) is 12.5 Å². The van der Waals surface area contributed by atoms with Crippen LogP contribution < -0.4 is 0 Å². The lowest BCUT2D eigenvalue weighted by Crippen LogP contribution is -2.55. The first-order valence-corrected chi connectivity index (χ1v) is 7.79. The highest BCUT2D eigenvalue weighted by atomic mass is 16.6. The van der Waals surface area contributed by atoms with Crippen LogP contribution in [0.5, 0.6) is 0 Å². The second-order valence-corrected chi connectivity index (χ2v) is 6.38. The Kier molecular flexibility index (Phi) is 5.41. The average molecular weight is 365 g/mol. The standard InChI is InChI=1S/C17H19NO8/c1-17(22)8-11(19)13(15(20)25-2)12(14(17)16(21)26-3)9-4-6-10(7-5-9)18(23)24/h4-7,12-14,22H,8H2,1-3H3. The number of rotatable bonds is 4. The molecule has 4 unspecified atom stereocenters. The van der Waals surface area contributed by atoms with E-state index in [2.05, 4.69) is 0 Å². The number of ketones is 1. The number of Topliss-reactive ketones (excluding diaryl/α,β-unsaturated/α-hetero) is 1. The maximum absolute atomic E-state index is 12.5. The van der Waals surface area contributed by atoms with Crippen LogP contribution in [0.2, 0.25) is 0 Å². The van der Waals surface area contributed by atoms with Gasteiger partial charge in [0.05, 0.1) is 30.7 Å². The number of ether oxygens (including phenoxy) is 2. The summed E-state index contributed by atoms with van der Waals surface area (Å²) in [4.78, 5) is 47.3. The zero-order valence-electron chi connectivity index (χ0n) is 14.5. The van der Waals surface area contributed by atoms with E-state index in [1.165, 1.54) is 31.2 Å². The molecular weight excluding hydrogens is 346 g/mol. The second-order valence-electron chi connectivity index (χ2n) is 6.38. The molecule has 2 rings (SSSR count). The van der Waals surface area contributed by atoms with E-state index in [0.29, 0.717) is 5.56 Å². The van der Waals surface area contributed by atoms with Gasteiger partial charge < -0.3 is 14.6 Å². The van der Waals surface area contributed by atoms with E-state index in [1.54, 1.807) is 0 Å². The van der Waals surface area contributed by atoms with Crippen molar-refractivity contribution in [3.8, 4) is 0 Å². The molecule has 1 aromatic rings. The van der Waals surface area contributed by atoms with Crippen LogP contribution >= 0.6 is 0 Å². The maximum atomic E-state index is 12.5. The lowest BCUT2D eigenvalue weighted by molar-refractivity contribution is -0.384. The van der Waals surface area contributed by atoms with E-state index in [-0.39, 0.29) is 5.69 Å². The summed E-state index contributed by atoms with van der Waals surface area (Å²) in [6.07, 6.45) is -0.421. The van der Waals surface area contributed by atoms with E-state index >= 15 is 0 Å². The number of non-ortho nitro benzene ring substituents is 1. The molecule has 9 heteroatoms. The van der Waals surface area contributed by atoms with Gasteiger partial charge in [-0.1, -0.05) is 12.1 Å². The van der Waals surface area contributed by atoms with Crippen molar-refractivity contribution in [3.05, 3.63) is 39.9 Å². The van der Waals surface area contributed by atoms with Crippen molar-refractivity contribution < 1.29 is 33.9 Å². The van der Waals surface area contributed by atoms with Gasteiger partial charge in [-0.2, -0.15) is 0 Å². The quantitative estimate of drug-likeness (QED) is 0.361. The second kappa shape index (κ2) is 7.20. The normalized spacial score (nSPS) is 28.3. The SMILES string of the molecule is COC(=O)C1C(=O)CC(C)(O)C(C(=O)OC)C1c1ccc([N+](=O)[O-])cc1. The van der Waals surface area contributed by atoms with Gasteiger partial charge in [-0.15, -0.1) is 0 Å². The first kappa shape index (κ1) is 19.5. The minimum Gasteiger partial charge on any atom is -0.469 e. The number of carbonyl (C=O) groups is 3. The zero-order chi connectivity index (χ0) is 19.6. The molecule has 1 fully saturated rings. The molecule has 140 valence electrons. The third kappa shape index (κ3) is 3.43. The van der Waals surface area contributed by atoms with Crippen molar-refractivity contribution >= 4 is 23.4 Å². The molecule has 0 bridgehead atoms. The summed E-state index contributed by atoms with van der Waals surface area (Å²) in [5, 5.41) is 21.5. The first-order chi connectivity index (χ1) is 12.1. The van der Waals surface area contributed by atoms with E-state index < -0.39 is 52.4 Å². The smallest absolute Gasteiger partial charge is 0.316 e. The van der Waals surface area contributed by atoms with E-state index in [0.717, 1.165) is 14.2 Å². The lowest BCUT2D eigenvalue weighted by Gasteiger charge is -2.43. The third-order valence-corrected chi connectivity index (χ3v) is 4.67. The molecule has 1 aliphatic carbocycles. The Morgan fingerprint density at radius 3 is 2.19 bits per heavy atom. The third-order valence-electron chi connectivity index (χ3n) is 4.67. The monoisotopic (exact) mass is 365 g/mol. The number of nitro benzene ring substituents is 1. The van der Waals surface area contributed by atoms with Crippen molar-refractivity contribution in [2.75, 3.05) is 14.2 Å². The van der Waals surface area contributed by atoms with Crippen LogP contribution in [0.1, 0.15) is 24.8 Å². The summed E-state index contributed by atoms with van der Waals surface area (Å²) < 4.78 is 9.47. The Morgan fingerprint density at radius 1 is 1.19 bits per heavy atom. The van der Waals surface area contributed by atoms with Crippen LogP contribution in [-0.4, -0.2) is 47.6 Å². The highest BCUT2D eigenvalue weighted by Gasteiger charge is 2.56. The van der Waals surface area contributed by atoms with Crippen LogP contribution in [-0.2, 0) is 23.9 Å². The van der Waals surface area contributed by atoms with Gasteiger partial charge in [0, 0.05) is 24.5 Å². The van der Waals surface area contributed by atoms with Gasteiger partial charge in [0.1, 0.15) is 5.92 Å². The number of nitrogens with zero attached hydrogens (tertiary/aromatic N) is 1. The Morgan fingerprint density at radius 2 is 1.73 bits per heavy atom. The average Bonchev–Trinajstić information content (AvgIpc) is 2.59. The summed E-state index contributed by atoms with van der Waals surface area (Å²) in [5.74, 6) is -5.85. The minimum atomic E-state index is -1.75. The Hall–Kier alpha value is -2.81. The van der Waals surface area contributed by atoms with Gasteiger partial charge in [0.15, 0.2) is 5.78 Å². The van der Waals surface area contributed by atoms with E-state index in [9.17, 15) is 29.6 Å². The van der Waals surface area contributed by atoms with Crippen LogP contribution in [0.4, 0.5) is 5.69 Å². The topological polar surface area (TPSA) is 133 Å². The Balaban J connectivity index is 2.62. The van der Waals surface area contributed by atoms with Gasteiger partial charge in [-0.25, -0.2) is 0 Å². The molecule has 0 heterocycles. The summed E-state index contributed by atoms with van der Waals surface area (Å²) in [5.41, 5.74) is -1.62. The fourth-order valence-corrected chi connectivity index (χ4v) is 3.49. The van der Waals surface area contributed by atoms with Crippen LogP contribution in [0.15, 0.2) is 24.3 Å². The summed E-state index contributed by atoms with van der Waals surface area (Å²) >= 11 is 0. The number of benzene rings is 1. The summed E-state index contributed by atoms with van der Waals surface area (Å²) in [7, 11) is 2.25. The predicted molar refractivity (Wildman–Crippen MR) is 87.1 cm³/mol. The summed E-state index contributed by atoms with van der Waals surface area (Å²) in [6, 6.07) is 5.10. The molecule has 26 heavy (non-hydrogen) atoms. The van der Waals surface area contributed by atoms with Crippen molar-refractivity contribution in [1.82, 2.24) is 0 Å². The minimum absolute atomic E-state index is 0.188. The highest BCUT2D eigenvalue weighted by Crippen LogP contribution is 2.46. The number of methoxy groups -OCH3 is 2. The van der Waals surface area contributed by atoms with E-state index in [4.69, 9.17) is 9.47 Å². The van der Waals surface area contributed by atoms with Gasteiger partial charge in [-0.3, -0.25) is 24.5 Å². The number of esters is 2.